The Morgan fingerprint density at radius 3 is 2.80 bits per heavy atom. The van der Waals surface area contributed by atoms with Gasteiger partial charge >= 0.3 is 0 Å². The quantitative estimate of drug-likeness (QED) is 0.375. The highest BCUT2D eigenvalue weighted by Crippen LogP contribution is 2.31. The van der Waals surface area contributed by atoms with Crippen molar-refractivity contribution in [2.24, 2.45) is 0 Å². The molecule has 0 aliphatic rings. The van der Waals surface area contributed by atoms with Gasteiger partial charge in [-0.3, -0.25) is 14.9 Å². The smallest absolute Gasteiger partial charge is 0.296 e. The van der Waals surface area contributed by atoms with E-state index in [9.17, 15) is 14.9 Å². The van der Waals surface area contributed by atoms with Crippen LogP contribution in [-0.2, 0) is 4.79 Å². The number of allylic oxidation sites excluding steroid dienone is 1. The zero-order valence-corrected chi connectivity index (χ0v) is 12.1. The van der Waals surface area contributed by atoms with E-state index in [1.165, 1.54) is 31.9 Å². The highest BCUT2D eigenvalue weighted by Gasteiger charge is 2.16. The average Bonchev–Trinajstić information content (AvgIpc) is 2.39. The third-order valence-corrected chi connectivity index (χ3v) is 3.33. The lowest BCUT2D eigenvalue weighted by Gasteiger charge is -2.06. The molecule has 1 rings (SSSR count). The second-order valence-electron chi connectivity index (χ2n) is 3.94. The molecule has 0 heterocycles. The molecule has 0 bridgehead atoms. The van der Waals surface area contributed by atoms with Crippen LogP contribution in [0.4, 0.5) is 11.4 Å². The molecule has 1 aromatic rings. The number of carbonyl (C=O) groups excluding carboxylic acids is 1. The van der Waals surface area contributed by atoms with Gasteiger partial charge in [0.05, 0.1) is 18.1 Å². The molecule has 0 saturated heterocycles. The highest BCUT2D eigenvalue weighted by atomic mass is 32.2. The van der Waals surface area contributed by atoms with Crippen LogP contribution in [0.5, 0.6) is 5.75 Å². The maximum Gasteiger partial charge on any atom is 0.296 e. The summed E-state index contributed by atoms with van der Waals surface area (Å²) >= 11 is 1.23. The van der Waals surface area contributed by atoms with Crippen molar-refractivity contribution >= 4 is 34.3 Å². The number of carbonyl (C=O) groups is 1. The van der Waals surface area contributed by atoms with Crippen LogP contribution in [-0.4, -0.2) is 22.9 Å². The molecule has 0 aliphatic heterocycles. The Bertz CT molecular complexity index is 543. The van der Waals surface area contributed by atoms with Crippen LogP contribution >= 0.6 is 11.8 Å². The fraction of sp³-hybridized carbons (Fsp3) is 0.308. The zero-order chi connectivity index (χ0) is 15.1. The SMILES string of the molecule is COc1cc(C=CCCSC(C)=O)c(N)c([N+](=O)[O-])c1. The number of nitrogens with two attached hydrogens (primary N) is 1. The normalized spacial score (nSPS) is 10.7. The Balaban J connectivity index is 2.88. The summed E-state index contributed by atoms with van der Waals surface area (Å²) in [6.45, 7) is 1.51. The van der Waals surface area contributed by atoms with E-state index in [4.69, 9.17) is 10.5 Å². The van der Waals surface area contributed by atoms with Crippen LogP contribution in [0, 0.1) is 10.1 Å². The molecular formula is C13H16N2O4S. The fourth-order valence-electron chi connectivity index (χ4n) is 1.52. The van der Waals surface area contributed by atoms with Gasteiger partial charge in [0.25, 0.3) is 5.69 Å². The number of rotatable bonds is 6. The first-order chi connectivity index (χ1) is 9.45. The highest BCUT2D eigenvalue weighted by molar-refractivity contribution is 8.13. The Morgan fingerprint density at radius 2 is 2.25 bits per heavy atom. The van der Waals surface area contributed by atoms with E-state index in [1.807, 2.05) is 6.08 Å². The summed E-state index contributed by atoms with van der Waals surface area (Å²) in [5, 5.41) is 11.0. The standard InChI is InChI=1S/C13H16N2O4S/c1-9(16)20-6-4-3-5-10-7-11(19-2)8-12(13(10)14)15(17)18/h3,5,7-8H,4,6,14H2,1-2H3. The molecule has 20 heavy (non-hydrogen) atoms. The number of hydrogen-bond donors (Lipinski definition) is 1. The Morgan fingerprint density at radius 1 is 1.55 bits per heavy atom. The molecule has 2 N–H and O–H groups in total. The van der Waals surface area contributed by atoms with Crippen LogP contribution in [0.15, 0.2) is 18.2 Å². The maximum atomic E-state index is 10.9. The summed E-state index contributed by atoms with van der Waals surface area (Å²) in [5.74, 6) is 1.04. The number of thioether (sulfide) groups is 1. The van der Waals surface area contributed by atoms with Crippen LogP contribution in [0.2, 0.25) is 0 Å². The molecule has 0 aliphatic carbocycles. The summed E-state index contributed by atoms with van der Waals surface area (Å²) in [7, 11) is 1.44. The summed E-state index contributed by atoms with van der Waals surface area (Å²) in [6.07, 6.45) is 4.20. The third-order valence-electron chi connectivity index (χ3n) is 2.48. The Kier molecular flexibility index (Phi) is 6.05. The summed E-state index contributed by atoms with van der Waals surface area (Å²) in [5.41, 5.74) is 6.22. The number of methoxy groups -OCH3 is 1. The molecule has 0 aromatic heterocycles. The van der Waals surface area contributed by atoms with E-state index in [1.54, 1.807) is 12.1 Å². The lowest BCUT2D eigenvalue weighted by Crippen LogP contribution is -1.99. The largest absolute Gasteiger partial charge is 0.496 e. The second kappa shape index (κ2) is 7.54. The van der Waals surface area contributed by atoms with Crippen molar-refractivity contribution in [3.8, 4) is 5.75 Å². The molecule has 7 heteroatoms. The monoisotopic (exact) mass is 296 g/mol. The van der Waals surface area contributed by atoms with E-state index in [0.29, 0.717) is 23.5 Å². The lowest BCUT2D eigenvalue weighted by atomic mass is 10.1. The van der Waals surface area contributed by atoms with E-state index in [-0.39, 0.29) is 16.5 Å². The van der Waals surface area contributed by atoms with E-state index >= 15 is 0 Å². The first kappa shape index (κ1) is 16.0. The van der Waals surface area contributed by atoms with Crippen molar-refractivity contribution in [1.29, 1.82) is 0 Å². The molecule has 0 spiro atoms. The molecule has 108 valence electrons. The predicted molar refractivity (Wildman–Crippen MR) is 80.9 cm³/mol. The molecule has 0 saturated carbocycles. The maximum absolute atomic E-state index is 10.9. The minimum Gasteiger partial charge on any atom is -0.496 e. The molecule has 0 amide bonds. The molecule has 6 nitrogen and oxygen atoms in total. The minimum atomic E-state index is -0.541. The van der Waals surface area contributed by atoms with Crippen molar-refractivity contribution < 1.29 is 14.5 Å². The van der Waals surface area contributed by atoms with Crippen molar-refractivity contribution in [1.82, 2.24) is 0 Å². The number of hydrogen-bond acceptors (Lipinski definition) is 6. The molecule has 0 atom stereocenters. The van der Waals surface area contributed by atoms with Gasteiger partial charge in [0, 0.05) is 18.2 Å². The van der Waals surface area contributed by atoms with Crippen LogP contribution in [0.1, 0.15) is 18.9 Å². The molecule has 0 radical (unpaired) electrons. The van der Waals surface area contributed by atoms with Gasteiger partial charge in [-0.2, -0.15) is 0 Å². The number of nitrogens with zero attached hydrogens (tertiary/aromatic N) is 1. The number of nitro groups is 1. The lowest BCUT2D eigenvalue weighted by molar-refractivity contribution is -0.384. The molecule has 0 fully saturated rings. The van der Waals surface area contributed by atoms with E-state index in [0.717, 1.165) is 0 Å². The number of anilines is 1. The van der Waals surface area contributed by atoms with Crippen molar-refractivity contribution in [3.63, 3.8) is 0 Å². The van der Waals surface area contributed by atoms with E-state index < -0.39 is 4.92 Å². The predicted octanol–water partition coefficient (Wildman–Crippen LogP) is 2.87. The van der Waals surface area contributed by atoms with Crippen molar-refractivity contribution in [2.45, 2.75) is 13.3 Å². The molecule has 1 aromatic carbocycles. The van der Waals surface area contributed by atoms with Gasteiger partial charge in [-0.15, -0.1) is 0 Å². The van der Waals surface area contributed by atoms with Crippen LogP contribution in [0.25, 0.3) is 6.08 Å². The second-order valence-corrected chi connectivity index (χ2v) is 5.21. The van der Waals surface area contributed by atoms with Crippen LogP contribution < -0.4 is 10.5 Å². The van der Waals surface area contributed by atoms with Gasteiger partial charge in [-0.1, -0.05) is 23.9 Å². The van der Waals surface area contributed by atoms with Gasteiger partial charge in [0.1, 0.15) is 11.4 Å². The zero-order valence-electron chi connectivity index (χ0n) is 11.3. The Labute approximate surface area is 121 Å². The number of nitro benzene ring substituents is 1. The number of nitrogen functional groups attached to an aromatic ring is 1. The minimum absolute atomic E-state index is 0.0648. The molecule has 0 unspecified atom stereocenters. The summed E-state index contributed by atoms with van der Waals surface area (Å²) in [6, 6.07) is 2.93. The van der Waals surface area contributed by atoms with Crippen molar-refractivity contribution in [2.75, 3.05) is 18.6 Å². The Hall–Kier alpha value is -2.02. The van der Waals surface area contributed by atoms with E-state index in [2.05, 4.69) is 0 Å². The third kappa shape index (κ3) is 4.58. The number of ether oxygens (including phenoxy) is 1. The topological polar surface area (TPSA) is 95.5 Å². The number of benzene rings is 1. The van der Waals surface area contributed by atoms with Gasteiger partial charge in [0.2, 0.25) is 0 Å². The summed E-state index contributed by atoms with van der Waals surface area (Å²) < 4.78 is 5.02. The van der Waals surface area contributed by atoms with Crippen LogP contribution in [0.3, 0.4) is 0 Å². The van der Waals surface area contributed by atoms with Gasteiger partial charge in [-0.25, -0.2) is 0 Å². The average molecular weight is 296 g/mol. The molecular weight excluding hydrogens is 280 g/mol. The first-order valence-electron chi connectivity index (χ1n) is 5.87. The fourth-order valence-corrected chi connectivity index (χ4v) is 2.06. The van der Waals surface area contributed by atoms with Gasteiger partial charge < -0.3 is 10.5 Å². The first-order valence-corrected chi connectivity index (χ1v) is 6.86. The van der Waals surface area contributed by atoms with Crippen molar-refractivity contribution in [3.05, 3.63) is 33.9 Å². The summed E-state index contributed by atoms with van der Waals surface area (Å²) in [4.78, 5) is 21.1. The van der Waals surface area contributed by atoms with Gasteiger partial charge in [0.15, 0.2) is 5.12 Å². The van der Waals surface area contributed by atoms with Gasteiger partial charge in [-0.05, 0) is 12.5 Å².